The van der Waals surface area contributed by atoms with Gasteiger partial charge in [-0.2, -0.15) is 0 Å². The van der Waals surface area contributed by atoms with Gasteiger partial charge in [-0.05, 0) is 29.6 Å². The van der Waals surface area contributed by atoms with Gasteiger partial charge in [-0.3, -0.25) is 9.10 Å². The third-order valence-electron chi connectivity index (χ3n) is 3.93. The van der Waals surface area contributed by atoms with Crippen LogP contribution in [0, 0.1) is 0 Å². The van der Waals surface area contributed by atoms with Crippen LogP contribution in [-0.2, 0) is 16.4 Å². The van der Waals surface area contributed by atoms with Crippen molar-refractivity contribution in [2.24, 2.45) is 5.73 Å². The Labute approximate surface area is 155 Å². The van der Waals surface area contributed by atoms with Crippen LogP contribution in [0.2, 0.25) is 0 Å². The molecule has 0 atom stereocenters. The standard InChI is InChI=1S/C18H19N3O3S2/c19-9-3-11-21(12-8-14-4-2-13-25-14)26(23,24)17-6-1-5-16-15(17)7-10-20-18(16)22/h1-7,10-11,13H,8-9,12,19H2,(H,20,22). The van der Waals surface area contributed by atoms with Gasteiger partial charge in [0.1, 0.15) is 0 Å². The highest BCUT2D eigenvalue weighted by molar-refractivity contribution is 7.89. The SMILES string of the molecule is NCC=CN(CCc1cccs1)S(=O)(=O)c1cccc2c(=O)[nH]ccc12. The largest absolute Gasteiger partial charge is 0.329 e. The van der Waals surface area contributed by atoms with E-state index in [0.717, 1.165) is 4.88 Å². The van der Waals surface area contributed by atoms with Crippen LogP contribution in [0.1, 0.15) is 4.88 Å². The highest BCUT2D eigenvalue weighted by atomic mass is 32.2. The summed E-state index contributed by atoms with van der Waals surface area (Å²) >= 11 is 1.58. The molecule has 0 bridgehead atoms. The van der Waals surface area contributed by atoms with E-state index in [1.807, 2.05) is 17.5 Å². The number of nitrogens with one attached hydrogen (secondary N) is 1. The number of nitrogens with zero attached hydrogens (tertiary/aromatic N) is 1. The van der Waals surface area contributed by atoms with Crippen LogP contribution >= 0.6 is 11.3 Å². The summed E-state index contributed by atoms with van der Waals surface area (Å²) in [4.78, 5) is 15.8. The lowest BCUT2D eigenvalue weighted by molar-refractivity contribution is 0.501. The lowest BCUT2D eigenvalue weighted by Crippen LogP contribution is -2.28. The fraction of sp³-hybridized carbons (Fsp3) is 0.167. The van der Waals surface area contributed by atoms with Gasteiger partial charge < -0.3 is 10.7 Å². The molecule has 1 aromatic carbocycles. The second-order valence-corrected chi connectivity index (χ2v) is 8.48. The zero-order valence-electron chi connectivity index (χ0n) is 14.0. The summed E-state index contributed by atoms with van der Waals surface area (Å²) < 4.78 is 27.8. The Hall–Kier alpha value is -2.42. The van der Waals surface area contributed by atoms with Gasteiger partial charge in [0.25, 0.3) is 15.6 Å². The Morgan fingerprint density at radius 2 is 2.00 bits per heavy atom. The zero-order chi connectivity index (χ0) is 18.6. The lowest BCUT2D eigenvalue weighted by atomic mass is 10.2. The topological polar surface area (TPSA) is 96.3 Å². The Morgan fingerprint density at radius 1 is 1.15 bits per heavy atom. The third kappa shape index (κ3) is 3.72. The number of nitrogens with two attached hydrogens (primary N) is 1. The van der Waals surface area contributed by atoms with E-state index in [0.29, 0.717) is 23.7 Å². The summed E-state index contributed by atoms with van der Waals surface area (Å²) in [5.41, 5.74) is 5.19. The number of sulfonamides is 1. The van der Waals surface area contributed by atoms with E-state index in [-0.39, 0.29) is 17.0 Å². The maximum Gasteiger partial charge on any atom is 0.264 e. The molecule has 0 aliphatic heterocycles. The van der Waals surface area contributed by atoms with Crippen molar-refractivity contribution in [3.8, 4) is 0 Å². The monoisotopic (exact) mass is 389 g/mol. The molecular formula is C18H19N3O3S2. The predicted molar refractivity (Wildman–Crippen MR) is 105 cm³/mol. The quantitative estimate of drug-likeness (QED) is 0.648. The number of pyridine rings is 1. The van der Waals surface area contributed by atoms with Gasteiger partial charge in [-0.15, -0.1) is 11.3 Å². The average molecular weight is 390 g/mol. The molecule has 6 nitrogen and oxygen atoms in total. The number of rotatable bonds is 7. The first-order valence-electron chi connectivity index (χ1n) is 8.05. The second-order valence-electron chi connectivity index (χ2n) is 5.59. The molecule has 0 saturated heterocycles. The van der Waals surface area contributed by atoms with Crippen molar-refractivity contribution in [1.29, 1.82) is 0 Å². The molecule has 8 heteroatoms. The van der Waals surface area contributed by atoms with E-state index in [9.17, 15) is 13.2 Å². The number of H-pyrrole nitrogens is 1. The lowest BCUT2D eigenvalue weighted by Gasteiger charge is -2.21. The molecule has 0 aliphatic carbocycles. The van der Waals surface area contributed by atoms with Crippen molar-refractivity contribution in [2.75, 3.05) is 13.1 Å². The summed E-state index contributed by atoms with van der Waals surface area (Å²) in [5, 5.41) is 2.70. The molecule has 0 aliphatic rings. The fourth-order valence-electron chi connectivity index (χ4n) is 2.67. The molecule has 0 radical (unpaired) electrons. The minimum atomic E-state index is -3.83. The van der Waals surface area contributed by atoms with Crippen molar-refractivity contribution >= 4 is 32.1 Å². The van der Waals surface area contributed by atoms with Crippen molar-refractivity contribution in [1.82, 2.24) is 9.29 Å². The number of thiophene rings is 1. The number of benzene rings is 1. The second kappa shape index (κ2) is 7.86. The molecule has 2 aromatic heterocycles. The number of aromatic nitrogens is 1. The van der Waals surface area contributed by atoms with Crippen LogP contribution in [0.25, 0.3) is 10.8 Å². The Kier molecular flexibility index (Phi) is 5.55. The number of aromatic amines is 1. The number of hydrogen-bond acceptors (Lipinski definition) is 5. The summed E-state index contributed by atoms with van der Waals surface area (Å²) in [7, 11) is -3.83. The summed E-state index contributed by atoms with van der Waals surface area (Å²) in [6.45, 7) is 0.527. The molecule has 0 saturated carbocycles. The fourth-order valence-corrected chi connectivity index (χ4v) is 4.91. The van der Waals surface area contributed by atoms with Crippen molar-refractivity contribution in [3.05, 3.63) is 75.5 Å². The van der Waals surface area contributed by atoms with Gasteiger partial charge in [0.2, 0.25) is 0 Å². The van der Waals surface area contributed by atoms with Crippen LogP contribution < -0.4 is 11.3 Å². The third-order valence-corrected chi connectivity index (χ3v) is 6.70. The van der Waals surface area contributed by atoms with Gasteiger partial charge in [-0.25, -0.2) is 8.42 Å². The molecule has 26 heavy (non-hydrogen) atoms. The van der Waals surface area contributed by atoms with Crippen LogP contribution in [0.5, 0.6) is 0 Å². The van der Waals surface area contributed by atoms with Crippen LogP contribution in [0.3, 0.4) is 0 Å². The maximum atomic E-state index is 13.2. The first kappa shape index (κ1) is 18.4. The molecule has 0 unspecified atom stereocenters. The van der Waals surface area contributed by atoms with E-state index in [1.165, 1.54) is 22.8 Å². The number of hydrogen-bond donors (Lipinski definition) is 2. The predicted octanol–water partition coefficient (Wildman–Crippen LogP) is 2.30. The zero-order valence-corrected chi connectivity index (χ0v) is 15.6. The normalized spacial score (nSPS) is 12.0. The maximum absolute atomic E-state index is 13.2. The molecule has 3 rings (SSSR count). The van der Waals surface area contributed by atoms with E-state index in [4.69, 9.17) is 5.73 Å². The molecule has 0 amide bonds. The molecule has 0 spiro atoms. The molecule has 2 heterocycles. The molecule has 3 N–H and O–H groups in total. The van der Waals surface area contributed by atoms with Crippen molar-refractivity contribution in [2.45, 2.75) is 11.3 Å². The summed E-state index contributed by atoms with van der Waals surface area (Å²) in [6.07, 6.45) is 5.14. The molecule has 136 valence electrons. The molecule has 3 aromatic rings. The first-order valence-corrected chi connectivity index (χ1v) is 10.4. The Balaban J connectivity index is 2.03. The number of fused-ring (bicyclic) bond motifs is 1. The van der Waals surface area contributed by atoms with Crippen molar-refractivity contribution < 1.29 is 8.42 Å². The molecular weight excluding hydrogens is 370 g/mol. The Bertz CT molecular complexity index is 1070. The van der Waals surface area contributed by atoms with E-state index in [2.05, 4.69) is 4.98 Å². The average Bonchev–Trinajstić information content (AvgIpc) is 3.15. The highest BCUT2D eigenvalue weighted by Gasteiger charge is 2.24. The van der Waals surface area contributed by atoms with E-state index < -0.39 is 10.0 Å². The smallest absolute Gasteiger partial charge is 0.264 e. The van der Waals surface area contributed by atoms with Gasteiger partial charge in [0, 0.05) is 47.6 Å². The minimum Gasteiger partial charge on any atom is -0.329 e. The van der Waals surface area contributed by atoms with Gasteiger partial charge in [0.15, 0.2) is 0 Å². The van der Waals surface area contributed by atoms with E-state index >= 15 is 0 Å². The van der Waals surface area contributed by atoms with Gasteiger partial charge in [-0.1, -0.05) is 18.2 Å². The van der Waals surface area contributed by atoms with Gasteiger partial charge >= 0.3 is 0 Å². The van der Waals surface area contributed by atoms with Gasteiger partial charge in [0.05, 0.1) is 4.90 Å². The summed E-state index contributed by atoms with van der Waals surface area (Å²) in [5.74, 6) is 0. The summed E-state index contributed by atoms with van der Waals surface area (Å²) in [6, 6.07) is 10.2. The van der Waals surface area contributed by atoms with Crippen LogP contribution in [0.4, 0.5) is 0 Å². The van der Waals surface area contributed by atoms with E-state index in [1.54, 1.807) is 35.6 Å². The Morgan fingerprint density at radius 3 is 2.73 bits per heavy atom. The first-order chi connectivity index (χ1) is 12.5. The van der Waals surface area contributed by atoms with Crippen LogP contribution in [-0.4, -0.2) is 30.8 Å². The molecule has 0 fully saturated rings. The minimum absolute atomic E-state index is 0.106. The highest BCUT2D eigenvalue weighted by Crippen LogP contribution is 2.24. The van der Waals surface area contributed by atoms with Crippen LogP contribution in [0.15, 0.2) is 69.9 Å². The van der Waals surface area contributed by atoms with Crippen molar-refractivity contribution in [3.63, 3.8) is 0 Å².